The molecular formula is C11H18N4O3S. The van der Waals surface area contributed by atoms with E-state index in [1.807, 2.05) is 18.4 Å². The zero-order valence-corrected chi connectivity index (χ0v) is 11.8. The molecule has 0 unspecified atom stereocenters. The Hall–Kier alpha value is -1.57. The van der Waals surface area contributed by atoms with E-state index in [0.29, 0.717) is 24.5 Å². The number of carboxylic acids is 1. The van der Waals surface area contributed by atoms with Crippen molar-refractivity contribution in [2.24, 2.45) is 5.73 Å². The van der Waals surface area contributed by atoms with Gasteiger partial charge in [0.25, 0.3) is 0 Å². The van der Waals surface area contributed by atoms with Crippen LogP contribution >= 0.6 is 11.8 Å². The van der Waals surface area contributed by atoms with Crippen molar-refractivity contribution in [3.8, 4) is 0 Å². The normalized spacial score (nSPS) is 10.9. The third-order valence-corrected chi connectivity index (χ3v) is 3.34. The molecule has 106 valence electrons. The third-order valence-electron chi connectivity index (χ3n) is 2.39. The van der Waals surface area contributed by atoms with Crippen LogP contribution in [0.4, 0.5) is 0 Å². The van der Waals surface area contributed by atoms with Crippen molar-refractivity contribution >= 4 is 23.6 Å². The van der Waals surface area contributed by atoms with Gasteiger partial charge in [0.2, 0.25) is 5.91 Å². The molecule has 0 atom stereocenters. The van der Waals surface area contributed by atoms with E-state index in [-0.39, 0.29) is 17.6 Å². The van der Waals surface area contributed by atoms with Crippen LogP contribution in [0.1, 0.15) is 38.4 Å². The van der Waals surface area contributed by atoms with Gasteiger partial charge in [0.05, 0.1) is 5.75 Å². The predicted octanol–water partition coefficient (Wildman–Crippen LogP) is 0.844. The number of thioether (sulfide) groups is 1. The van der Waals surface area contributed by atoms with Crippen molar-refractivity contribution in [3.05, 3.63) is 5.82 Å². The molecule has 1 aromatic heterocycles. The molecule has 19 heavy (non-hydrogen) atoms. The number of carbonyl (C=O) groups excluding carboxylic acids is 1. The summed E-state index contributed by atoms with van der Waals surface area (Å²) in [5.74, 6) is -0.342. The smallest absolute Gasteiger partial charge is 0.313 e. The standard InChI is InChI=1S/C11H18N4O3S/c1-7(2)10-13-14-11(19-6-9(17)18)15(10)5-3-4-8(12)16/h7H,3-6H2,1-2H3,(H2,12,16)(H,17,18). The van der Waals surface area contributed by atoms with Gasteiger partial charge in [-0.2, -0.15) is 0 Å². The van der Waals surface area contributed by atoms with Crippen LogP contribution in [-0.2, 0) is 16.1 Å². The monoisotopic (exact) mass is 286 g/mol. The Morgan fingerprint density at radius 1 is 1.42 bits per heavy atom. The summed E-state index contributed by atoms with van der Waals surface area (Å²) in [7, 11) is 0. The first-order valence-electron chi connectivity index (χ1n) is 5.97. The Kier molecular flexibility index (Phi) is 5.81. The number of carbonyl (C=O) groups is 2. The molecular weight excluding hydrogens is 268 g/mol. The Balaban J connectivity index is 2.79. The topological polar surface area (TPSA) is 111 Å². The molecule has 0 saturated heterocycles. The van der Waals surface area contributed by atoms with E-state index in [9.17, 15) is 9.59 Å². The first-order chi connectivity index (χ1) is 8.91. The molecule has 7 nitrogen and oxygen atoms in total. The van der Waals surface area contributed by atoms with E-state index in [4.69, 9.17) is 10.8 Å². The number of hydrogen-bond acceptors (Lipinski definition) is 5. The second kappa shape index (κ2) is 7.13. The van der Waals surface area contributed by atoms with Crippen LogP contribution in [0.2, 0.25) is 0 Å². The third kappa shape index (κ3) is 4.90. The summed E-state index contributed by atoms with van der Waals surface area (Å²) >= 11 is 1.13. The van der Waals surface area contributed by atoms with Crippen molar-refractivity contribution in [1.82, 2.24) is 14.8 Å². The van der Waals surface area contributed by atoms with Crippen molar-refractivity contribution in [1.29, 1.82) is 0 Å². The molecule has 1 amide bonds. The van der Waals surface area contributed by atoms with E-state index in [1.165, 1.54) is 0 Å². The molecule has 0 aliphatic rings. The molecule has 0 aliphatic heterocycles. The highest BCUT2D eigenvalue weighted by molar-refractivity contribution is 7.99. The summed E-state index contributed by atoms with van der Waals surface area (Å²) in [5.41, 5.74) is 5.10. The number of nitrogens with zero attached hydrogens (tertiary/aromatic N) is 3. The molecule has 1 aromatic rings. The SMILES string of the molecule is CC(C)c1nnc(SCC(=O)O)n1CCCC(N)=O. The van der Waals surface area contributed by atoms with Gasteiger partial charge in [-0.3, -0.25) is 9.59 Å². The summed E-state index contributed by atoms with van der Waals surface area (Å²) < 4.78 is 1.86. The summed E-state index contributed by atoms with van der Waals surface area (Å²) in [4.78, 5) is 21.3. The van der Waals surface area contributed by atoms with Crippen LogP contribution in [0.15, 0.2) is 5.16 Å². The van der Waals surface area contributed by atoms with E-state index < -0.39 is 5.97 Å². The van der Waals surface area contributed by atoms with Gasteiger partial charge in [0, 0.05) is 18.9 Å². The van der Waals surface area contributed by atoms with Crippen LogP contribution < -0.4 is 5.73 Å². The number of rotatable bonds is 8. The summed E-state index contributed by atoms with van der Waals surface area (Å²) in [6, 6.07) is 0. The van der Waals surface area contributed by atoms with Gasteiger partial charge in [-0.05, 0) is 6.42 Å². The summed E-state index contributed by atoms with van der Waals surface area (Å²) in [6.45, 7) is 4.53. The lowest BCUT2D eigenvalue weighted by Gasteiger charge is -2.10. The minimum Gasteiger partial charge on any atom is -0.481 e. The number of nitrogens with two attached hydrogens (primary N) is 1. The highest BCUT2D eigenvalue weighted by Crippen LogP contribution is 2.21. The van der Waals surface area contributed by atoms with E-state index in [2.05, 4.69) is 10.2 Å². The molecule has 0 spiro atoms. The largest absolute Gasteiger partial charge is 0.481 e. The molecule has 1 heterocycles. The lowest BCUT2D eigenvalue weighted by atomic mass is 10.2. The molecule has 0 saturated carbocycles. The highest BCUT2D eigenvalue weighted by atomic mass is 32.2. The molecule has 8 heteroatoms. The van der Waals surface area contributed by atoms with E-state index in [0.717, 1.165) is 17.6 Å². The fourth-order valence-electron chi connectivity index (χ4n) is 1.58. The fraction of sp³-hybridized carbons (Fsp3) is 0.636. The van der Waals surface area contributed by atoms with Gasteiger partial charge < -0.3 is 15.4 Å². The number of hydrogen-bond donors (Lipinski definition) is 2. The van der Waals surface area contributed by atoms with Gasteiger partial charge in [0.15, 0.2) is 5.16 Å². The first-order valence-corrected chi connectivity index (χ1v) is 6.96. The van der Waals surface area contributed by atoms with Crippen LogP contribution in [0.25, 0.3) is 0 Å². The van der Waals surface area contributed by atoms with Crippen LogP contribution in [0, 0.1) is 0 Å². The van der Waals surface area contributed by atoms with Crippen molar-refractivity contribution in [3.63, 3.8) is 0 Å². The lowest BCUT2D eigenvalue weighted by molar-refractivity contribution is -0.133. The molecule has 3 N–H and O–H groups in total. The Morgan fingerprint density at radius 3 is 2.63 bits per heavy atom. The number of amides is 1. The maximum absolute atomic E-state index is 10.7. The van der Waals surface area contributed by atoms with Crippen LogP contribution in [0.3, 0.4) is 0 Å². The lowest BCUT2D eigenvalue weighted by Crippen LogP contribution is -2.13. The van der Waals surface area contributed by atoms with E-state index in [1.54, 1.807) is 0 Å². The van der Waals surface area contributed by atoms with Crippen molar-refractivity contribution < 1.29 is 14.7 Å². The Bertz CT molecular complexity index is 459. The molecule has 1 rings (SSSR count). The average Bonchev–Trinajstić information content (AvgIpc) is 2.69. The van der Waals surface area contributed by atoms with Gasteiger partial charge in [-0.1, -0.05) is 25.6 Å². The van der Waals surface area contributed by atoms with Crippen LogP contribution in [0.5, 0.6) is 0 Å². The zero-order valence-electron chi connectivity index (χ0n) is 11.0. The van der Waals surface area contributed by atoms with Gasteiger partial charge >= 0.3 is 5.97 Å². The van der Waals surface area contributed by atoms with Gasteiger partial charge in [-0.15, -0.1) is 10.2 Å². The average molecular weight is 286 g/mol. The van der Waals surface area contributed by atoms with Gasteiger partial charge in [0.1, 0.15) is 5.82 Å². The second-order valence-electron chi connectivity index (χ2n) is 4.40. The first kappa shape index (κ1) is 15.5. The Morgan fingerprint density at radius 2 is 2.11 bits per heavy atom. The molecule has 0 aromatic carbocycles. The van der Waals surface area contributed by atoms with Gasteiger partial charge in [-0.25, -0.2) is 0 Å². The minimum absolute atomic E-state index is 0.0634. The van der Waals surface area contributed by atoms with E-state index >= 15 is 0 Å². The Labute approximate surface area is 115 Å². The zero-order chi connectivity index (χ0) is 14.4. The highest BCUT2D eigenvalue weighted by Gasteiger charge is 2.16. The second-order valence-corrected chi connectivity index (χ2v) is 5.34. The maximum atomic E-state index is 10.7. The molecule has 0 fully saturated rings. The molecule has 0 bridgehead atoms. The van der Waals surface area contributed by atoms with Crippen LogP contribution in [-0.4, -0.2) is 37.5 Å². The number of aromatic nitrogens is 3. The summed E-state index contributed by atoms with van der Waals surface area (Å²) in [6.07, 6.45) is 0.881. The number of primary amides is 1. The predicted molar refractivity (Wildman–Crippen MR) is 70.9 cm³/mol. The fourth-order valence-corrected chi connectivity index (χ4v) is 2.27. The van der Waals surface area contributed by atoms with Crippen molar-refractivity contribution in [2.75, 3.05) is 5.75 Å². The minimum atomic E-state index is -0.900. The number of aliphatic carboxylic acids is 1. The molecule has 0 aliphatic carbocycles. The number of carboxylic acid groups (broad SMARTS) is 1. The molecule has 0 radical (unpaired) electrons. The van der Waals surface area contributed by atoms with Crippen molar-refractivity contribution in [2.45, 2.75) is 44.3 Å². The maximum Gasteiger partial charge on any atom is 0.313 e. The quantitative estimate of drug-likeness (QED) is 0.685. The summed E-state index contributed by atoms with van der Waals surface area (Å²) in [5, 5.41) is 17.3.